The molecule has 0 bridgehead atoms. The summed E-state index contributed by atoms with van der Waals surface area (Å²) in [6.07, 6.45) is 3.89. The first kappa shape index (κ1) is 30.8. The van der Waals surface area contributed by atoms with Crippen LogP contribution in [0.15, 0.2) is 0 Å². The second-order valence-electron chi connectivity index (χ2n) is 6.10. The molecule has 0 fully saturated rings. The van der Waals surface area contributed by atoms with Crippen LogP contribution in [-0.4, -0.2) is 25.5 Å². The van der Waals surface area contributed by atoms with Crippen molar-refractivity contribution in [3.63, 3.8) is 0 Å². The van der Waals surface area contributed by atoms with Crippen LogP contribution in [0.5, 0.6) is 0 Å². The first-order chi connectivity index (χ1) is 7.60. The molecule has 0 spiro atoms. The van der Waals surface area contributed by atoms with E-state index < -0.39 is 0 Å². The SMILES string of the molecule is C.CC(C)(C)C.CCC.CCCC.CCN(C)C. The van der Waals surface area contributed by atoms with Crippen molar-refractivity contribution < 1.29 is 0 Å². The van der Waals surface area contributed by atoms with Gasteiger partial charge in [0.2, 0.25) is 0 Å². The van der Waals surface area contributed by atoms with E-state index in [0.29, 0.717) is 5.41 Å². The highest BCUT2D eigenvalue weighted by Crippen LogP contribution is 2.08. The topological polar surface area (TPSA) is 3.24 Å². The summed E-state index contributed by atoms with van der Waals surface area (Å²) in [6, 6.07) is 0. The molecular formula is C17H45N. The second kappa shape index (κ2) is 25.7. The molecule has 0 atom stereocenters. The predicted octanol–water partition coefficient (Wildman–Crippen LogP) is 6.48. The molecule has 0 aliphatic carbocycles. The van der Waals surface area contributed by atoms with Gasteiger partial charge in [0, 0.05) is 0 Å². The third-order valence-electron chi connectivity index (χ3n) is 1.13. The van der Waals surface area contributed by atoms with Crippen LogP contribution in [0.1, 0.15) is 89.0 Å². The van der Waals surface area contributed by atoms with Gasteiger partial charge in [-0.25, -0.2) is 0 Å². The Labute approximate surface area is 120 Å². The van der Waals surface area contributed by atoms with E-state index in [9.17, 15) is 0 Å². The number of unbranched alkanes of at least 4 members (excludes halogenated alkanes) is 1. The zero-order chi connectivity index (χ0) is 14.9. The molecule has 0 heterocycles. The molecule has 0 radical (unpaired) electrons. The average Bonchev–Trinajstić information content (AvgIpc) is 2.17. The summed E-state index contributed by atoms with van der Waals surface area (Å²) in [5.74, 6) is 0. The molecule has 118 valence electrons. The molecule has 1 heteroatoms. The number of rotatable bonds is 2. The van der Waals surface area contributed by atoms with E-state index in [-0.39, 0.29) is 7.43 Å². The molecule has 0 saturated carbocycles. The predicted molar refractivity (Wildman–Crippen MR) is 92.6 cm³/mol. The number of hydrogen-bond acceptors (Lipinski definition) is 1. The average molecular weight is 264 g/mol. The Kier molecular flexibility index (Phi) is 43.9. The van der Waals surface area contributed by atoms with Crippen LogP contribution in [0.2, 0.25) is 0 Å². The zero-order valence-corrected chi connectivity index (χ0v) is 14.8. The third-order valence-corrected chi connectivity index (χ3v) is 1.13. The molecule has 18 heavy (non-hydrogen) atoms. The molecular weight excluding hydrogens is 218 g/mol. The second-order valence-corrected chi connectivity index (χ2v) is 6.10. The van der Waals surface area contributed by atoms with Gasteiger partial charge in [0.05, 0.1) is 0 Å². The van der Waals surface area contributed by atoms with Crippen molar-refractivity contribution in [2.45, 2.75) is 89.0 Å². The molecule has 0 aliphatic heterocycles. The van der Waals surface area contributed by atoms with Crippen molar-refractivity contribution in [3.8, 4) is 0 Å². The third kappa shape index (κ3) is 408. The normalized spacial score (nSPS) is 8.67. The Hall–Kier alpha value is -0.0400. The molecule has 0 aromatic heterocycles. The summed E-state index contributed by atoms with van der Waals surface area (Å²) in [7, 11) is 4.11. The van der Waals surface area contributed by atoms with E-state index in [1.165, 1.54) is 19.3 Å². The minimum Gasteiger partial charge on any atom is -0.310 e. The van der Waals surface area contributed by atoms with Crippen LogP contribution in [-0.2, 0) is 0 Å². The minimum atomic E-state index is 0. The summed E-state index contributed by atoms with van der Waals surface area (Å²) < 4.78 is 0. The lowest BCUT2D eigenvalue weighted by Gasteiger charge is -2.05. The summed E-state index contributed by atoms with van der Waals surface area (Å²) in [5, 5.41) is 0. The molecule has 0 unspecified atom stereocenters. The van der Waals surface area contributed by atoms with E-state index in [0.717, 1.165) is 6.54 Å². The molecule has 0 aromatic carbocycles. The highest BCUT2D eigenvalue weighted by atomic mass is 15.0. The fourth-order valence-corrected chi connectivity index (χ4v) is 0. The fraction of sp³-hybridized carbons (Fsp3) is 1.00. The summed E-state index contributed by atoms with van der Waals surface area (Å²) in [6.45, 7) is 20.6. The highest BCUT2D eigenvalue weighted by Gasteiger charge is 1.95. The Morgan fingerprint density at radius 2 is 0.833 bits per heavy atom. The molecule has 0 aromatic rings. The highest BCUT2D eigenvalue weighted by molar-refractivity contribution is 4.47. The molecule has 0 rings (SSSR count). The number of hydrogen-bond donors (Lipinski definition) is 0. The van der Waals surface area contributed by atoms with Gasteiger partial charge in [-0.05, 0) is 26.1 Å². The van der Waals surface area contributed by atoms with Crippen LogP contribution in [0, 0.1) is 5.41 Å². The van der Waals surface area contributed by atoms with E-state index >= 15 is 0 Å². The molecule has 0 saturated heterocycles. The van der Waals surface area contributed by atoms with Gasteiger partial charge in [0.25, 0.3) is 0 Å². The van der Waals surface area contributed by atoms with Gasteiger partial charge < -0.3 is 4.90 Å². The van der Waals surface area contributed by atoms with Crippen molar-refractivity contribution in [1.29, 1.82) is 0 Å². The maximum Gasteiger partial charge on any atom is -0.00533 e. The summed E-state index contributed by atoms with van der Waals surface area (Å²) in [4.78, 5) is 2.12. The molecule has 0 aliphatic rings. The van der Waals surface area contributed by atoms with Gasteiger partial charge in [0.15, 0.2) is 0 Å². The Morgan fingerprint density at radius 1 is 0.722 bits per heavy atom. The number of nitrogens with zero attached hydrogens (tertiary/aromatic N) is 1. The van der Waals surface area contributed by atoms with Gasteiger partial charge >= 0.3 is 0 Å². The maximum atomic E-state index is 2.19. The van der Waals surface area contributed by atoms with Crippen molar-refractivity contribution in [2.75, 3.05) is 20.6 Å². The van der Waals surface area contributed by atoms with Gasteiger partial charge in [-0.15, -0.1) is 0 Å². The smallest absolute Gasteiger partial charge is 0.00533 e. The van der Waals surface area contributed by atoms with Crippen molar-refractivity contribution in [3.05, 3.63) is 0 Å². The Morgan fingerprint density at radius 3 is 0.833 bits per heavy atom. The lowest BCUT2D eigenvalue weighted by molar-refractivity contribution is 0.434. The maximum absolute atomic E-state index is 2.19. The summed E-state index contributed by atoms with van der Waals surface area (Å²) >= 11 is 0. The van der Waals surface area contributed by atoms with Crippen molar-refractivity contribution in [1.82, 2.24) is 4.90 Å². The molecule has 0 amide bonds. The zero-order valence-electron chi connectivity index (χ0n) is 14.8. The van der Waals surface area contributed by atoms with Crippen LogP contribution >= 0.6 is 0 Å². The van der Waals surface area contributed by atoms with Gasteiger partial charge in [-0.2, -0.15) is 0 Å². The lowest BCUT2D eigenvalue weighted by atomic mass is 10.0. The largest absolute Gasteiger partial charge is 0.310 e. The first-order valence-corrected chi connectivity index (χ1v) is 7.25. The van der Waals surface area contributed by atoms with Crippen LogP contribution in [0.3, 0.4) is 0 Å². The van der Waals surface area contributed by atoms with Gasteiger partial charge in [0.1, 0.15) is 0 Å². The van der Waals surface area contributed by atoms with E-state index in [1.807, 2.05) is 0 Å². The fourth-order valence-electron chi connectivity index (χ4n) is 0. The Balaban J connectivity index is -0.0000000417. The van der Waals surface area contributed by atoms with E-state index in [1.54, 1.807) is 0 Å². The van der Waals surface area contributed by atoms with Crippen LogP contribution < -0.4 is 0 Å². The monoisotopic (exact) mass is 263 g/mol. The van der Waals surface area contributed by atoms with Crippen LogP contribution in [0.4, 0.5) is 0 Å². The van der Waals surface area contributed by atoms with Crippen molar-refractivity contribution >= 4 is 0 Å². The minimum absolute atomic E-state index is 0. The van der Waals surface area contributed by atoms with Crippen LogP contribution in [0.25, 0.3) is 0 Å². The standard InChI is InChI=1S/C5H12.C4H11N.C4H10.C3H8.CH4/c1-5(2,3)4;1-4-5(2)3;1-3-4-2;1-3-2;/h1-4H3;4H2,1-3H3;3-4H2,1-2H3;3H2,1-2H3;1H4. The lowest BCUT2D eigenvalue weighted by Crippen LogP contribution is -2.08. The Bertz CT molecular complexity index is 82.3. The van der Waals surface area contributed by atoms with Gasteiger partial charge in [-0.1, -0.05) is 89.0 Å². The molecule has 0 N–H and O–H groups in total. The van der Waals surface area contributed by atoms with E-state index in [4.69, 9.17) is 0 Å². The van der Waals surface area contributed by atoms with Gasteiger partial charge in [-0.3, -0.25) is 0 Å². The quantitative estimate of drug-likeness (QED) is 0.551. The summed E-state index contributed by atoms with van der Waals surface area (Å²) in [5.41, 5.74) is 0.500. The van der Waals surface area contributed by atoms with Crippen molar-refractivity contribution in [2.24, 2.45) is 5.41 Å². The first-order valence-electron chi connectivity index (χ1n) is 7.25. The molecule has 1 nitrogen and oxygen atoms in total. The van der Waals surface area contributed by atoms with E-state index in [2.05, 4.69) is 81.3 Å².